The molecule has 0 bridgehead atoms. The van der Waals surface area contributed by atoms with Gasteiger partial charge >= 0.3 is 0 Å². The number of nitrogens with one attached hydrogen (secondary N) is 2. The van der Waals surface area contributed by atoms with Gasteiger partial charge in [-0.15, -0.1) is 0 Å². The highest BCUT2D eigenvalue weighted by Gasteiger charge is 2.19. The molecule has 10 heteroatoms. The van der Waals surface area contributed by atoms with Gasteiger partial charge < -0.3 is 24.3 Å². The third-order valence-corrected chi connectivity index (χ3v) is 6.72. The molecule has 0 aliphatic carbocycles. The number of sulfonamides is 1. The van der Waals surface area contributed by atoms with E-state index in [2.05, 4.69) is 10.0 Å². The minimum absolute atomic E-state index is 0.0235. The molecule has 176 valence electrons. The maximum absolute atomic E-state index is 12.9. The third-order valence-electron chi connectivity index (χ3n) is 5.34. The summed E-state index contributed by atoms with van der Waals surface area (Å²) in [6.45, 7) is 1.52. The molecule has 0 saturated carbocycles. The Hall–Kier alpha value is -3.92. The highest BCUT2D eigenvalue weighted by Crippen LogP contribution is 2.35. The molecular weight excluding hydrogens is 460 g/mol. The zero-order valence-electron chi connectivity index (χ0n) is 18.1. The largest absolute Gasteiger partial charge is 0.486 e. The number of anilines is 1. The molecule has 2 N–H and O–H groups in total. The number of benzene rings is 3. The lowest BCUT2D eigenvalue weighted by molar-refractivity contribution is 0.0954. The monoisotopic (exact) mass is 482 g/mol. The van der Waals surface area contributed by atoms with Crippen molar-refractivity contribution >= 4 is 21.6 Å². The molecule has 0 unspecified atom stereocenters. The average Bonchev–Trinajstić information content (AvgIpc) is 3.32. The lowest BCUT2D eigenvalue weighted by atomic mass is 10.1. The summed E-state index contributed by atoms with van der Waals surface area (Å²) < 4.78 is 49.8. The lowest BCUT2D eigenvalue weighted by Crippen LogP contribution is -2.26. The first kappa shape index (κ1) is 21.9. The van der Waals surface area contributed by atoms with Crippen LogP contribution in [0.25, 0.3) is 0 Å². The van der Waals surface area contributed by atoms with E-state index < -0.39 is 10.0 Å². The highest BCUT2D eigenvalue weighted by molar-refractivity contribution is 7.92. The molecule has 5 rings (SSSR count). The molecule has 3 aromatic rings. The number of hydrogen-bond acceptors (Lipinski definition) is 7. The Morgan fingerprint density at radius 1 is 0.824 bits per heavy atom. The number of fused-ring (bicyclic) bond motifs is 2. The van der Waals surface area contributed by atoms with E-state index in [4.69, 9.17) is 18.9 Å². The van der Waals surface area contributed by atoms with Crippen molar-refractivity contribution in [3.05, 3.63) is 71.8 Å². The predicted molar refractivity (Wildman–Crippen MR) is 123 cm³/mol. The van der Waals surface area contributed by atoms with Gasteiger partial charge in [-0.3, -0.25) is 9.52 Å². The van der Waals surface area contributed by atoms with Gasteiger partial charge in [-0.05, 0) is 54.4 Å². The van der Waals surface area contributed by atoms with E-state index in [0.717, 1.165) is 5.56 Å². The molecule has 0 fully saturated rings. The Bertz CT molecular complexity index is 1340. The van der Waals surface area contributed by atoms with Crippen molar-refractivity contribution in [3.8, 4) is 23.0 Å². The SMILES string of the molecule is O=C(NCCc1ccc2c(c1)OCCO2)c1cccc(S(=O)(=O)Nc2ccc3c(c2)OCO3)c1. The summed E-state index contributed by atoms with van der Waals surface area (Å²) in [5.41, 5.74) is 1.57. The minimum atomic E-state index is -3.91. The van der Waals surface area contributed by atoms with Crippen molar-refractivity contribution in [1.29, 1.82) is 0 Å². The summed E-state index contributed by atoms with van der Waals surface area (Å²) in [6.07, 6.45) is 0.589. The van der Waals surface area contributed by atoms with Crippen LogP contribution in [0.5, 0.6) is 23.0 Å². The van der Waals surface area contributed by atoms with Gasteiger partial charge in [0.05, 0.1) is 10.6 Å². The van der Waals surface area contributed by atoms with E-state index in [0.29, 0.717) is 54.9 Å². The van der Waals surface area contributed by atoms with Crippen molar-refractivity contribution in [1.82, 2.24) is 5.32 Å². The first-order chi connectivity index (χ1) is 16.5. The van der Waals surface area contributed by atoms with Crippen molar-refractivity contribution in [2.75, 3.05) is 31.3 Å². The van der Waals surface area contributed by atoms with Crippen LogP contribution in [0.15, 0.2) is 65.6 Å². The van der Waals surface area contributed by atoms with Crippen molar-refractivity contribution in [3.63, 3.8) is 0 Å². The summed E-state index contributed by atoms with van der Waals surface area (Å²) >= 11 is 0. The van der Waals surface area contributed by atoms with E-state index in [1.54, 1.807) is 24.3 Å². The molecule has 0 aromatic heterocycles. The Morgan fingerprint density at radius 3 is 2.44 bits per heavy atom. The van der Waals surface area contributed by atoms with Gasteiger partial charge in [-0.25, -0.2) is 8.42 Å². The van der Waals surface area contributed by atoms with E-state index in [1.165, 1.54) is 18.2 Å². The summed E-state index contributed by atoms with van der Waals surface area (Å²) in [5, 5.41) is 2.83. The molecule has 3 aromatic carbocycles. The maximum Gasteiger partial charge on any atom is 0.261 e. The van der Waals surface area contributed by atoms with Crippen LogP contribution in [0.4, 0.5) is 5.69 Å². The first-order valence-corrected chi connectivity index (χ1v) is 12.2. The number of hydrogen-bond donors (Lipinski definition) is 2. The Balaban J connectivity index is 1.22. The molecule has 34 heavy (non-hydrogen) atoms. The average molecular weight is 483 g/mol. The van der Waals surface area contributed by atoms with Gasteiger partial charge in [0, 0.05) is 18.2 Å². The highest BCUT2D eigenvalue weighted by atomic mass is 32.2. The van der Waals surface area contributed by atoms with E-state index in [9.17, 15) is 13.2 Å². The molecule has 0 spiro atoms. The van der Waals surface area contributed by atoms with Crippen molar-refractivity contribution < 1.29 is 32.2 Å². The van der Waals surface area contributed by atoms with Crippen LogP contribution >= 0.6 is 0 Å². The van der Waals surface area contributed by atoms with Crippen molar-refractivity contribution in [2.45, 2.75) is 11.3 Å². The number of rotatable bonds is 7. The van der Waals surface area contributed by atoms with Crippen LogP contribution in [0.3, 0.4) is 0 Å². The van der Waals surface area contributed by atoms with Crippen LogP contribution in [0.1, 0.15) is 15.9 Å². The second kappa shape index (κ2) is 9.14. The zero-order chi connectivity index (χ0) is 23.5. The topological polar surface area (TPSA) is 112 Å². The molecular formula is C24H22N2O7S. The van der Waals surface area contributed by atoms with Crippen LogP contribution in [-0.2, 0) is 16.4 Å². The smallest absolute Gasteiger partial charge is 0.261 e. The molecule has 2 aliphatic rings. The zero-order valence-corrected chi connectivity index (χ0v) is 18.9. The number of amides is 1. The second-order valence-electron chi connectivity index (χ2n) is 7.69. The van der Waals surface area contributed by atoms with Gasteiger partial charge in [-0.2, -0.15) is 0 Å². The predicted octanol–water partition coefficient (Wildman–Crippen LogP) is 2.96. The van der Waals surface area contributed by atoms with Crippen LogP contribution < -0.4 is 29.0 Å². The summed E-state index contributed by atoms with van der Waals surface area (Å²) in [7, 11) is -3.91. The molecule has 2 heterocycles. The fourth-order valence-corrected chi connectivity index (χ4v) is 4.74. The fourth-order valence-electron chi connectivity index (χ4n) is 3.64. The lowest BCUT2D eigenvalue weighted by Gasteiger charge is -2.18. The van der Waals surface area contributed by atoms with Gasteiger partial charge in [0.25, 0.3) is 15.9 Å². The molecule has 2 aliphatic heterocycles. The minimum Gasteiger partial charge on any atom is -0.486 e. The molecule has 0 radical (unpaired) electrons. The molecule has 1 amide bonds. The van der Waals surface area contributed by atoms with Crippen LogP contribution in [0, 0.1) is 0 Å². The Kier molecular flexibility index (Phi) is 5.89. The maximum atomic E-state index is 12.9. The first-order valence-electron chi connectivity index (χ1n) is 10.7. The number of carbonyl (C=O) groups is 1. The molecule has 9 nitrogen and oxygen atoms in total. The van der Waals surface area contributed by atoms with Crippen LogP contribution in [-0.4, -0.2) is 40.9 Å². The third kappa shape index (κ3) is 4.72. The fraction of sp³-hybridized carbons (Fsp3) is 0.208. The summed E-state index contributed by atoms with van der Waals surface area (Å²) in [6, 6.07) is 16.3. The van der Waals surface area contributed by atoms with Crippen LogP contribution in [0.2, 0.25) is 0 Å². The van der Waals surface area contributed by atoms with Gasteiger partial charge in [-0.1, -0.05) is 12.1 Å². The summed E-state index contributed by atoms with van der Waals surface area (Å²) in [4.78, 5) is 12.6. The molecule has 0 atom stereocenters. The quantitative estimate of drug-likeness (QED) is 0.532. The normalized spacial score (nSPS) is 13.9. The molecule has 0 saturated heterocycles. The van der Waals surface area contributed by atoms with E-state index >= 15 is 0 Å². The number of carbonyl (C=O) groups excluding carboxylic acids is 1. The Labute approximate surface area is 196 Å². The van der Waals surface area contributed by atoms with E-state index in [1.807, 2.05) is 18.2 Å². The van der Waals surface area contributed by atoms with Gasteiger partial charge in [0.2, 0.25) is 6.79 Å². The number of ether oxygens (including phenoxy) is 4. The Morgan fingerprint density at radius 2 is 1.56 bits per heavy atom. The standard InChI is InChI=1S/C24H22N2O7S/c27-24(25-9-8-16-4-6-20-22(12-16)31-11-10-30-20)17-2-1-3-19(13-17)34(28,29)26-18-5-7-21-23(14-18)33-15-32-21/h1-7,12-14,26H,8-11,15H2,(H,25,27). The van der Waals surface area contributed by atoms with Gasteiger partial charge in [0.1, 0.15) is 13.2 Å². The van der Waals surface area contributed by atoms with E-state index in [-0.39, 0.29) is 23.2 Å². The van der Waals surface area contributed by atoms with Crippen molar-refractivity contribution in [2.24, 2.45) is 0 Å². The van der Waals surface area contributed by atoms with Gasteiger partial charge in [0.15, 0.2) is 23.0 Å². The second-order valence-corrected chi connectivity index (χ2v) is 9.37. The summed E-state index contributed by atoms with van der Waals surface area (Å²) in [5.74, 6) is 2.07.